The summed E-state index contributed by atoms with van der Waals surface area (Å²) in [5.74, 6) is 0.931. The molecule has 0 atom stereocenters. The van der Waals surface area contributed by atoms with Crippen LogP contribution in [0.1, 0.15) is 5.56 Å². The third-order valence-electron chi connectivity index (χ3n) is 3.28. The van der Waals surface area contributed by atoms with Crippen molar-refractivity contribution in [1.82, 2.24) is 0 Å². The molecule has 106 valence electrons. The number of ether oxygens (including phenoxy) is 1. The predicted octanol–water partition coefficient (Wildman–Crippen LogP) is 2.77. The van der Waals surface area contributed by atoms with E-state index in [4.69, 9.17) is 4.74 Å². The van der Waals surface area contributed by atoms with Crippen LogP contribution in [0, 0.1) is 0 Å². The molecule has 1 nitrogen and oxygen atoms in total. The van der Waals surface area contributed by atoms with Crippen LogP contribution in [0.15, 0.2) is 48.5 Å². The van der Waals surface area contributed by atoms with Crippen molar-refractivity contribution in [1.29, 1.82) is 0 Å². The van der Waals surface area contributed by atoms with Crippen LogP contribution in [0.5, 0.6) is 5.75 Å². The summed E-state index contributed by atoms with van der Waals surface area (Å²) in [6.07, 6.45) is 0. The Kier molecular flexibility index (Phi) is 5.09. The van der Waals surface area contributed by atoms with Crippen molar-refractivity contribution >= 4 is 32.7 Å². The van der Waals surface area contributed by atoms with Crippen molar-refractivity contribution in [3.63, 3.8) is 0 Å². The third kappa shape index (κ3) is 4.24. The topological polar surface area (TPSA) is 9.23 Å². The molecule has 3 heteroatoms. The van der Waals surface area contributed by atoms with E-state index in [1.54, 1.807) is 12.3 Å². The van der Waals surface area contributed by atoms with Crippen LogP contribution in [-0.2, 0) is 5.32 Å². The first-order chi connectivity index (χ1) is 9.49. The van der Waals surface area contributed by atoms with E-state index in [1.165, 1.54) is 10.0 Å². The molecule has 2 rings (SSSR count). The molecule has 2 aromatic carbocycles. The molecule has 0 aliphatic carbocycles. The van der Waals surface area contributed by atoms with Crippen molar-refractivity contribution in [3.8, 4) is 5.75 Å². The first-order valence-electron chi connectivity index (χ1n) is 6.85. The zero-order chi connectivity index (χ0) is 14.6. The number of hydrogen-bond acceptors (Lipinski definition) is 1. The van der Waals surface area contributed by atoms with Crippen molar-refractivity contribution < 1.29 is 4.74 Å². The third-order valence-corrected chi connectivity index (χ3v) is 7.62. The van der Waals surface area contributed by atoms with Crippen molar-refractivity contribution in [3.05, 3.63) is 54.1 Å². The Labute approximate surface area is 129 Å². The summed E-state index contributed by atoms with van der Waals surface area (Å²) >= 11 is 0.507. The van der Waals surface area contributed by atoms with Crippen molar-refractivity contribution in [2.45, 2.75) is 25.0 Å². The summed E-state index contributed by atoms with van der Waals surface area (Å²) < 4.78 is 6.67. The number of hydrogen-bond donors (Lipinski definition) is 0. The van der Waals surface area contributed by atoms with E-state index in [0.717, 1.165) is 11.1 Å². The minimum atomic E-state index is -1.16. The van der Waals surface area contributed by atoms with Gasteiger partial charge < -0.3 is 0 Å². The van der Waals surface area contributed by atoms with Gasteiger partial charge in [-0.1, -0.05) is 0 Å². The van der Waals surface area contributed by atoms with Gasteiger partial charge in [-0.25, -0.2) is 0 Å². The Balaban J connectivity index is 1.96. The molecule has 0 bridgehead atoms. The maximum absolute atomic E-state index is 5.19. The molecule has 0 aromatic heterocycles. The van der Waals surface area contributed by atoms with Crippen LogP contribution in [0.4, 0.5) is 0 Å². The van der Waals surface area contributed by atoms with E-state index in [2.05, 4.69) is 56.0 Å². The van der Waals surface area contributed by atoms with E-state index in [0.29, 0.717) is 15.0 Å². The molecule has 0 spiro atoms. The Hall–Kier alpha value is -1.02. The maximum atomic E-state index is 5.19. The molecule has 0 unspecified atom stereocenters. The molecule has 0 aliphatic heterocycles. The Morgan fingerprint density at radius 1 is 0.900 bits per heavy atom. The molecule has 20 heavy (non-hydrogen) atoms. The van der Waals surface area contributed by atoms with Gasteiger partial charge in [0.1, 0.15) is 0 Å². The number of methoxy groups -OCH3 is 1. The van der Waals surface area contributed by atoms with Crippen LogP contribution in [0.25, 0.3) is 0 Å². The molecule has 0 saturated carbocycles. The summed E-state index contributed by atoms with van der Waals surface area (Å²) in [5, 5.41) is 2.69. The van der Waals surface area contributed by atoms with E-state index in [9.17, 15) is 0 Å². The van der Waals surface area contributed by atoms with E-state index in [-0.39, 0.29) is 0 Å². The van der Waals surface area contributed by atoms with Gasteiger partial charge in [0.05, 0.1) is 0 Å². The van der Waals surface area contributed by atoms with Crippen LogP contribution < -0.4 is 14.4 Å². The first-order valence-corrected chi connectivity index (χ1v) is 12.4. The Morgan fingerprint density at radius 2 is 1.50 bits per heavy atom. The molecule has 0 amide bonds. The fourth-order valence-electron chi connectivity index (χ4n) is 1.94. The molecule has 0 heterocycles. The average molecular weight is 349 g/mol. The van der Waals surface area contributed by atoms with Gasteiger partial charge in [-0.3, -0.25) is 0 Å². The summed E-state index contributed by atoms with van der Waals surface area (Å²) in [5.41, 5.74) is 1.39. The van der Waals surface area contributed by atoms with E-state index in [1.807, 2.05) is 12.1 Å². The van der Waals surface area contributed by atoms with Gasteiger partial charge in [0, 0.05) is 0 Å². The zero-order valence-electron chi connectivity index (χ0n) is 12.6. The predicted molar refractivity (Wildman–Crippen MR) is 91.5 cm³/mol. The molecule has 0 saturated heterocycles. The standard InChI is InChI=1S/C17H22OSeSi/c1-18-15-7-5-14(6-8-15)13-19-16-9-11-17(12-10-16)20(2,3)4/h5-12H,13H2,1-4H3. The number of rotatable bonds is 5. The van der Waals surface area contributed by atoms with Crippen molar-refractivity contribution in [2.24, 2.45) is 0 Å². The normalized spacial score (nSPS) is 11.4. The number of benzene rings is 2. The van der Waals surface area contributed by atoms with Gasteiger partial charge in [0.15, 0.2) is 0 Å². The second-order valence-electron chi connectivity index (χ2n) is 5.91. The summed E-state index contributed by atoms with van der Waals surface area (Å²) in [7, 11) is 0.547. The molecular formula is C17H22OSeSi. The molecular weight excluding hydrogens is 327 g/mol. The van der Waals surface area contributed by atoms with Crippen LogP contribution in [-0.4, -0.2) is 30.1 Å². The van der Waals surface area contributed by atoms with Crippen LogP contribution in [0.2, 0.25) is 19.6 Å². The fourth-order valence-corrected chi connectivity index (χ4v) is 4.90. The first kappa shape index (κ1) is 15.4. The second kappa shape index (κ2) is 6.62. The summed E-state index contributed by atoms with van der Waals surface area (Å²) in [6, 6.07) is 17.7. The van der Waals surface area contributed by atoms with Gasteiger partial charge in [0.25, 0.3) is 0 Å². The van der Waals surface area contributed by atoms with Crippen molar-refractivity contribution in [2.75, 3.05) is 7.11 Å². The molecule has 0 radical (unpaired) electrons. The van der Waals surface area contributed by atoms with Gasteiger partial charge in [-0.05, 0) is 0 Å². The molecule has 0 N–H and O–H groups in total. The zero-order valence-corrected chi connectivity index (χ0v) is 15.4. The van der Waals surface area contributed by atoms with Gasteiger partial charge in [-0.2, -0.15) is 0 Å². The minimum absolute atomic E-state index is 0.507. The second-order valence-corrected chi connectivity index (χ2v) is 13.2. The average Bonchev–Trinajstić information content (AvgIpc) is 2.45. The van der Waals surface area contributed by atoms with Crippen LogP contribution in [0.3, 0.4) is 0 Å². The molecule has 2 aromatic rings. The van der Waals surface area contributed by atoms with E-state index >= 15 is 0 Å². The van der Waals surface area contributed by atoms with E-state index < -0.39 is 8.07 Å². The van der Waals surface area contributed by atoms with Gasteiger partial charge in [-0.15, -0.1) is 0 Å². The Bertz CT molecular complexity index is 541. The fraction of sp³-hybridized carbons (Fsp3) is 0.294. The summed E-state index contributed by atoms with van der Waals surface area (Å²) in [6.45, 7) is 7.18. The SMILES string of the molecule is COc1ccc(C[Se]c2ccc([Si](C)(C)C)cc2)cc1. The molecule has 0 fully saturated rings. The molecule has 0 aliphatic rings. The summed E-state index contributed by atoms with van der Waals surface area (Å²) in [4.78, 5) is 0. The quantitative estimate of drug-likeness (QED) is 0.755. The van der Waals surface area contributed by atoms with Gasteiger partial charge in [0.2, 0.25) is 0 Å². The van der Waals surface area contributed by atoms with Gasteiger partial charge >= 0.3 is 129 Å². The van der Waals surface area contributed by atoms with Crippen LogP contribution >= 0.6 is 0 Å². The monoisotopic (exact) mass is 350 g/mol. The Morgan fingerprint density at radius 3 is 2.00 bits per heavy atom.